The molecule has 6 heteroatoms. The molecule has 3 rings (SSSR count). The Morgan fingerprint density at radius 3 is 2.46 bits per heavy atom. The second-order valence-electron chi connectivity index (χ2n) is 6.34. The van der Waals surface area contributed by atoms with Gasteiger partial charge in [0.2, 0.25) is 11.8 Å². The van der Waals surface area contributed by atoms with Gasteiger partial charge in [0.15, 0.2) is 0 Å². The molecule has 142 valence electrons. The SMILES string of the molecule is CN(Cc1cnn(-c2ccccc2)c1)C(=O)CNC(=O)/C=C/c1ccccc1. The summed E-state index contributed by atoms with van der Waals surface area (Å²) in [6, 6.07) is 19.3. The third-order valence-corrected chi connectivity index (χ3v) is 4.14. The number of aromatic nitrogens is 2. The fourth-order valence-corrected chi connectivity index (χ4v) is 2.62. The fourth-order valence-electron chi connectivity index (χ4n) is 2.62. The minimum absolute atomic E-state index is 0.0543. The van der Waals surface area contributed by atoms with Crippen LogP contribution in [-0.2, 0) is 16.1 Å². The number of nitrogens with zero attached hydrogens (tertiary/aromatic N) is 3. The molecule has 0 aliphatic rings. The van der Waals surface area contributed by atoms with E-state index in [0.717, 1.165) is 16.8 Å². The number of amides is 2. The maximum Gasteiger partial charge on any atom is 0.244 e. The molecule has 0 atom stereocenters. The van der Waals surface area contributed by atoms with Crippen molar-refractivity contribution >= 4 is 17.9 Å². The molecule has 0 saturated carbocycles. The van der Waals surface area contributed by atoms with E-state index in [4.69, 9.17) is 0 Å². The maximum absolute atomic E-state index is 12.3. The van der Waals surface area contributed by atoms with Crippen molar-refractivity contribution in [1.29, 1.82) is 0 Å². The van der Waals surface area contributed by atoms with Gasteiger partial charge >= 0.3 is 0 Å². The first-order valence-corrected chi connectivity index (χ1v) is 8.96. The van der Waals surface area contributed by atoms with Crippen LogP contribution in [0.1, 0.15) is 11.1 Å². The quantitative estimate of drug-likeness (QED) is 0.647. The van der Waals surface area contributed by atoms with E-state index in [9.17, 15) is 9.59 Å². The standard InChI is InChI=1S/C22H22N4O2/c1-25(16-19-14-24-26(17-19)20-10-6-3-7-11-20)22(28)15-23-21(27)13-12-18-8-4-2-5-9-18/h2-14,17H,15-16H2,1H3,(H,23,27)/b13-12+. The Bertz CT molecular complexity index is 949. The Kier molecular flexibility index (Phi) is 6.36. The molecule has 0 unspecified atom stereocenters. The van der Waals surface area contributed by atoms with Gasteiger partial charge in [0, 0.05) is 31.4 Å². The van der Waals surface area contributed by atoms with Gasteiger partial charge in [-0.2, -0.15) is 5.10 Å². The molecule has 1 aromatic heterocycles. The van der Waals surface area contributed by atoms with Gasteiger partial charge < -0.3 is 10.2 Å². The van der Waals surface area contributed by atoms with E-state index >= 15 is 0 Å². The summed E-state index contributed by atoms with van der Waals surface area (Å²) in [6.45, 7) is 0.364. The summed E-state index contributed by atoms with van der Waals surface area (Å²) in [4.78, 5) is 25.7. The van der Waals surface area contributed by atoms with Gasteiger partial charge in [-0.3, -0.25) is 9.59 Å². The summed E-state index contributed by atoms with van der Waals surface area (Å²) in [5.74, 6) is -0.476. The van der Waals surface area contributed by atoms with Gasteiger partial charge in [0.05, 0.1) is 18.4 Å². The third kappa shape index (κ3) is 5.41. The monoisotopic (exact) mass is 374 g/mol. The average molecular weight is 374 g/mol. The summed E-state index contributed by atoms with van der Waals surface area (Å²) >= 11 is 0. The Morgan fingerprint density at radius 2 is 1.75 bits per heavy atom. The topological polar surface area (TPSA) is 67.2 Å². The average Bonchev–Trinajstić information content (AvgIpc) is 3.20. The van der Waals surface area contributed by atoms with Crippen LogP contribution in [0.4, 0.5) is 0 Å². The first kappa shape index (κ1) is 19.1. The van der Waals surface area contributed by atoms with Gasteiger partial charge in [0.1, 0.15) is 0 Å². The van der Waals surface area contributed by atoms with E-state index in [1.165, 1.54) is 6.08 Å². The van der Waals surface area contributed by atoms with Crippen LogP contribution in [0.15, 0.2) is 79.1 Å². The van der Waals surface area contributed by atoms with Gasteiger partial charge in [-0.1, -0.05) is 48.5 Å². The van der Waals surface area contributed by atoms with Crippen LogP contribution < -0.4 is 5.32 Å². The first-order chi connectivity index (χ1) is 13.6. The molecule has 6 nitrogen and oxygen atoms in total. The van der Waals surface area contributed by atoms with E-state index in [1.54, 1.807) is 28.9 Å². The number of hydrogen-bond donors (Lipinski definition) is 1. The predicted molar refractivity (Wildman–Crippen MR) is 109 cm³/mol. The molecule has 0 saturated heterocycles. The van der Waals surface area contributed by atoms with Gasteiger partial charge in [-0.15, -0.1) is 0 Å². The number of carbonyl (C=O) groups excluding carboxylic acids is 2. The Balaban J connectivity index is 1.48. The molecule has 1 heterocycles. The van der Waals surface area contributed by atoms with Gasteiger partial charge in [0.25, 0.3) is 0 Å². The van der Waals surface area contributed by atoms with E-state index in [0.29, 0.717) is 6.54 Å². The number of nitrogens with one attached hydrogen (secondary N) is 1. The molecular weight excluding hydrogens is 352 g/mol. The molecule has 3 aromatic rings. The van der Waals surface area contributed by atoms with Crippen molar-refractivity contribution in [1.82, 2.24) is 20.0 Å². The lowest BCUT2D eigenvalue weighted by Crippen LogP contribution is -2.37. The van der Waals surface area contributed by atoms with Crippen molar-refractivity contribution in [2.45, 2.75) is 6.54 Å². The minimum atomic E-state index is -0.303. The number of para-hydroxylation sites is 1. The molecule has 28 heavy (non-hydrogen) atoms. The molecule has 0 aliphatic carbocycles. The Morgan fingerprint density at radius 1 is 1.07 bits per heavy atom. The molecule has 0 radical (unpaired) electrons. The number of likely N-dealkylation sites (N-methyl/N-ethyl adjacent to an activating group) is 1. The lowest BCUT2D eigenvalue weighted by molar-refractivity contribution is -0.131. The van der Waals surface area contributed by atoms with Gasteiger partial charge in [-0.05, 0) is 23.8 Å². The smallest absolute Gasteiger partial charge is 0.244 e. The lowest BCUT2D eigenvalue weighted by Gasteiger charge is -2.16. The fraction of sp³-hybridized carbons (Fsp3) is 0.136. The van der Waals surface area contributed by atoms with Crippen LogP contribution in [0.5, 0.6) is 0 Å². The van der Waals surface area contributed by atoms with Crippen LogP contribution in [-0.4, -0.2) is 40.1 Å². The second kappa shape index (κ2) is 9.32. The second-order valence-corrected chi connectivity index (χ2v) is 6.34. The zero-order valence-corrected chi connectivity index (χ0v) is 15.7. The van der Waals surface area contributed by atoms with E-state index < -0.39 is 0 Å². The first-order valence-electron chi connectivity index (χ1n) is 8.96. The molecule has 2 amide bonds. The maximum atomic E-state index is 12.3. The van der Waals surface area contributed by atoms with Crippen molar-refractivity contribution in [2.24, 2.45) is 0 Å². The number of hydrogen-bond acceptors (Lipinski definition) is 3. The molecule has 0 bridgehead atoms. The highest BCUT2D eigenvalue weighted by Gasteiger charge is 2.11. The zero-order valence-electron chi connectivity index (χ0n) is 15.7. The molecule has 0 spiro atoms. The van der Waals surface area contributed by atoms with Crippen molar-refractivity contribution in [3.63, 3.8) is 0 Å². The predicted octanol–water partition coefficient (Wildman–Crippen LogP) is 2.66. The lowest BCUT2D eigenvalue weighted by atomic mass is 10.2. The Hall–Kier alpha value is -3.67. The van der Waals surface area contributed by atoms with Crippen LogP contribution in [0, 0.1) is 0 Å². The normalized spacial score (nSPS) is 10.8. The highest BCUT2D eigenvalue weighted by atomic mass is 16.2. The van der Waals surface area contributed by atoms with E-state index in [1.807, 2.05) is 66.9 Å². The number of benzene rings is 2. The molecule has 0 aliphatic heterocycles. The van der Waals surface area contributed by atoms with E-state index in [-0.39, 0.29) is 18.4 Å². The minimum Gasteiger partial charge on any atom is -0.343 e. The van der Waals surface area contributed by atoms with Gasteiger partial charge in [-0.25, -0.2) is 4.68 Å². The van der Waals surface area contributed by atoms with Crippen LogP contribution in [0.25, 0.3) is 11.8 Å². The van der Waals surface area contributed by atoms with E-state index in [2.05, 4.69) is 10.4 Å². The zero-order chi connectivity index (χ0) is 19.8. The highest BCUT2D eigenvalue weighted by Crippen LogP contribution is 2.09. The van der Waals surface area contributed by atoms with Crippen molar-refractivity contribution in [3.05, 3.63) is 90.3 Å². The molecule has 1 N–H and O–H groups in total. The van der Waals surface area contributed by atoms with Crippen molar-refractivity contribution < 1.29 is 9.59 Å². The summed E-state index contributed by atoms with van der Waals surface area (Å²) in [7, 11) is 1.70. The molecule has 0 fully saturated rings. The van der Waals surface area contributed by atoms with Crippen molar-refractivity contribution in [3.8, 4) is 5.69 Å². The van der Waals surface area contributed by atoms with Crippen LogP contribution in [0.3, 0.4) is 0 Å². The van der Waals surface area contributed by atoms with Crippen molar-refractivity contribution in [2.75, 3.05) is 13.6 Å². The third-order valence-electron chi connectivity index (χ3n) is 4.14. The summed E-state index contributed by atoms with van der Waals surface area (Å²) < 4.78 is 1.77. The Labute approximate surface area is 164 Å². The summed E-state index contributed by atoms with van der Waals surface area (Å²) in [5.41, 5.74) is 2.80. The molecular formula is C22H22N4O2. The highest BCUT2D eigenvalue weighted by molar-refractivity contribution is 5.94. The van der Waals surface area contributed by atoms with Crippen LogP contribution in [0.2, 0.25) is 0 Å². The number of carbonyl (C=O) groups is 2. The summed E-state index contributed by atoms with van der Waals surface area (Å²) in [6.07, 6.45) is 6.76. The summed E-state index contributed by atoms with van der Waals surface area (Å²) in [5, 5.41) is 6.94. The largest absolute Gasteiger partial charge is 0.343 e. The molecule has 2 aromatic carbocycles. The van der Waals surface area contributed by atoms with Crippen LogP contribution >= 0.6 is 0 Å². The number of rotatable bonds is 7.